The molecule has 0 aromatic heterocycles. The van der Waals surface area contributed by atoms with E-state index in [1.165, 1.54) is 0 Å². The molecule has 0 saturated heterocycles. The molecule has 2 unspecified atom stereocenters. The number of carbonyl (C=O) groups excluding carboxylic acids is 1. The zero-order valence-corrected chi connectivity index (χ0v) is 15.5. The highest BCUT2D eigenvalue weighted by Gasteiger charge is 2.22. The third kappa shape index (κ3) is 6.13. The number of benzene rings is 2. The smallest absolute Gasteiger partial charge is 0.242 e. The highest BCUT2D eigenvalue weighted by atomic mass is 35.5. The minimum absolute atomic E-state index is 0. The monoisotopic (exact) mass is 369 g/mol. The first kappa shape index (κ1) is 22.4. The lowest BCUT2D eigenvalue weighted by atomic mass is 10.0. The Kier molecular flexibility index (Phi) is 10.3. The summed E-state index contributed by atoms with van der Waals surface area (Å²) in [6.45, 7) is 0.417. The molecule has 2 atom stereocenters. The van der Waals surface area contributed by atoms with Crippen LogP contribution in [0.2, 0.25) is 0 Å². The molecular formula is C18H25Cl2N3O. The van der Waals surface area contributed by atoms with Crippen LogP contribution in [0.5, 0.6) is 0 Å². The molecule has 0 heterocycles. The Morgan fingerprint density at radius 3 is 1.88 bits per heavy atom. The lowest BCUT2D eigenvalue weighted by Gasteiger charge is -2.24. The number of amides is 1. The van der Waals surface area contributed by atoms with E-state index in [1.54, 1.807) is 0 Å². The molecule has 0 spiro atoms. The molecule has 0 radical (unpaired) electrons. The van der Waals surface area contributed by atoms with Crippen molar-refractivity contribution in [2.24, 2.45) is 5.73 Å². The maximum Gasteiger partial charge on any atom is 0.242 e. The molecule has 0 aliphatic rings. The summed E-state index contributed by atoms with van der Waals surface area (Å²) in [5, 5.41) is 2.96. The van der Waals surface area contributed by atoms with Crippen molar-refractivity contribution in [1.29, 1.82) is 0 Å². The Morgan fingerprint density at radius 2 is 1.42 bits per heavy atom. The van der Waals surface area contributed by atoms with E-state index >= 15 is 0 Å². The summed E-state index contributed by atoms with van der Waals surface area (Å²) in [7, 11) is 3.79. The summed E-state index contributed by atoms with van der Waals surface area (Å²) in [6.07, 6.45) is 0. The van der Waals surface area contributed by atoms with Gasteiger partial charge in [0.2, 0.25) is 5.91 Å². The van der Waals surface area contributed by atoms with Crippen LogP contribution in [0.25, 0.3) is 0 Å². The second-order valence-electron chi connectivity index (χ2n) is 5.54. The van der Waals surface area contributed by atoms with Crippen molar-refractivity contribution < 1.29 is 4.79 Å². The lowest BCUT2D eigenvalue weighted by molar-refractivity contribution is -0.125. The van der Waals surface area contributed by atoms with Crippen molar-refractivity contribution in [2.45, 2.75) is 12.1 Å². The second kappa shape index (κ2) is 11.0. The zero-order chi connectivity index (χ0) is 15.9. The number of hydrogen-bond donors (Lipinski definition) is 2. The summed E-state index contributed by atoms with van der Waals surface area (Å²) in [4.78, 5) is 14.4. The van der Waals surface area contributed by atoms with Gasteiger partial charge in [0, 0.05) is 12.6 Å². The third-order valence-corrected chi connectivity index (χ3v) is 3.60. The summed E-state index contributed by atoms with van der Waals surface area (Å²) < 4.78 is 0. The van der Waals surface area contributed by atoms with Crippen LogP contribution in [0, 0.1) is 0 Å². The van der Waals surface area contributed by atoms with Gasteiger partial charge in [0.15, 0.2) is 0 Å². The van der Waals surface area contributed by atoms with Gasteiger partial charge >= 0.3 is 0 Å². The number of nitrogens with one attached hydrogen (secondary N) is 1. The van der Waals surface area contributed by atoms with Gasteiger partial charge in [-0.1, -0.05) is 60.7 Å². The predicted molar refractivity (Wildman–Crippen MR) is 104 cm³/mol. The molecule has 0 fully saturated rings. The first-order chi connectivity index (χ1) is 10.6. The van der Waals surface area contributed by atoms with Crippen molar-refractivity contribution in [2.75, 3.05) is 20.6 Å². The van der Waals surface area contributed by atoms with Crippen LogP contribution in [0.4, 0.5) is 0 Å². The van der Waals surface area contributed by atoms with E-state index in [4.69, 9.17) is 5.73 Å². The maximum atomic E-state index is 12.5. The van der Waals surface area contributed by atoms with Crippen LogP contribution in [-0.2, 0) is 4.79 Å². The highest BCUT2D eigenvalue weighted by molar-refractivity contribution is 5.85. The van der Waals surface area contributed by atoms with E-state index in [1.807, 2.05) is 79.7 Å². The minimum atomic E-state index is -0.316. The van der Waals surface area contributed by atoms with Crippen LogP contribution in [-0.4, -0.2) is 31.4 Å². The minimum Gasteiger partial charge on any atom is -0.353 e. The fourth-order valence-electron chi connectivity index (χ4n) is 2.44. The van der Waals surface area contributed by atoms with E-state index in [0.717, 1.165) is 11.1 Å². The summed E-state index contributed by atoms with van der Waals surface area (Å²) in [5.74, 6) is -0.0393. The molecule has 0 aliphatic heterocycles. The van der Waals surface area contributed by atoms with Crippen molar-refractivity contribution in [3.63, 3.8) is 0 Å². The van der Waals surface area contributed by atoms with Gasteiger partial charge < -0.3 is 11.1 Å². The molecule has 2 aromatic carbocycles. The molecule has 0 saturated carbocycles. The summed E-state index contributed by atoms with van der Waals surface area (Å²) in [6, 6.07) is 19.0. The fraction of sp³-hybridized carbons (Fsp3) is 0.278. The molecule has 132 valence electrons. The molecular weight excluding hydrogens is 345 g/mol. The summed E-state index contributed by atoms with van der Waals surface area (Å²) in [5.41, 5.74) is 8.12. The average molecular weight is 370 g/mol. The molecule has 3 N–H and O–H groups in total. The standard InChI is InChI=1S/C18H23N3O.2ClH/c1-21(2)17(15-11-7-4-8-12-15)18(22)20-13-16(19)14-9-5-3-6-10-14;;/h3-12,16-17H,13,19H2,1-2H3,(H,20,22);2*1H. The number of halogens is 2. The van der Waals surface area contributed by atoms with Crippen molar-refractivity contribution in [1.82, 2.24) is 10.2 Å². The number of carbonyl (C=O) groups is 1. The number of likely N-dealkylation sites (N-methyl/N-ethyl adjacent to an activating group) is 1. The lowest BCUT2D eigenvalue weighted by Crippen LogP contribution is -2.40. The Balaban J connectivity index is 0.00000264. The normalized spacial score (nSPS) is 12.5. The first-order valence-electron chi connectivity index (χ1n) is 7.39. The number of nitrogens with two attached hydrogens (primary N) is 1. The van der Waals surface area contributed by atoms with Gasteiger partial charge in [-0.3, -0.25) is 9.69 Å². The Hall–Kier alpha value is -1.59. The quantitative estimate of drug-likeness (QED) is 0.822. The van der Waals surface area contributed by atoms with E-state index in [9.17, 15) is 4.79 Å². The van der Waals surface area contributed by atoms with Crippen molar-refractivity contribution in [3.05, 3.63) is 71.8 Å². The van der Waals surface area contributed by atoms with Crippen LogP contribution in [0.3, 0.4) is 0 Å². The van der Waals surface area contributed by atoms with Gasteiger partial charge in [-0.15, -0.1) is 24.8 Å². The molecule has 2 rings (SSSR count). The van der Waals surface area contributed by atoms with Crippen LogP contribution >= 0.6 is 24.8 Å². The van der Waals surface area contributed by atoms with E-state index in [2.05, 4.69) is 5.32 Å². The largest absolute Gasteiger partial charge is 0.353 e. The maximum absolute atomic E-state index is 12.5. The van der Waals surface area contributed by atoms with Crippen LogP contribution in [0.1, 0.15) is 23.2 Å². The Morgan fingerprint density at radius 1 is 0.958 bits per heavy atom. The second-order valence-corrected chi connectivity index (χ2v) is 5.54. The van der Waals surface area contributed by atoms with Gasteiger partial charge in [0.1, 0.15) is 6.04 Å². The van der Waals surface area contributed by atoms with Gasteiger partial charge in [0.05, 0.1) is 0 Å². The number of rotatable bonds is 6. The first-order valence-corrected chi connectivity index (χ1v) is 7.39. The highest BCUT2D eigenvalue weighted by Crippen LogP contribution is 2.18. The van der Waals surface area contributed by atoms with Crippen molar-refractivity contribution >= 4 is 30.7 Å². The van der Waals surface area contributed by atoms with E-state index in [-0.39, 0.29) is 42.8 Å². The molecule has 6 heteroatoms. The van der Waals surface area contributed by atoms with E-state index in [0.29, 0.717) is 6.54 Å². The van der Waals surface area contributed by atoms with Gasteiger partial charge in [-0.25, -0.2) is 0 Å². The van der Waals surface area contributed by atoms with Crippen molar-refractivity contribution in [3.8, 4) is 0 Å². The number of nitrogens with zero attached hydrogens (tertiary/aromatic N) is 1. The Labute approximate surface area is 156 Å². The molecule has 0 aliphatic carbocycles. The Bertz CT molecular complexity index is 594. The third-order valence-electron chi connectivity index (χ3n) is 3.60. The SMILES string of the molecule is CN(C)C(C(=O)NCC(N)c1ccccc1)c1ccccc1.Cl.Cl. The molecule has 2 aromatic rings. The van der Waals surface area contributed by atoms with Crippen LogP contribution < -0.4 is 11.1 Å². The number of hydrogen-bond acceptors (Lipinski definition) is 3. The molecule has 0 bridgehead atoms. The zero-order valence-electron chi connectivity index (χ0n) is 13.9. The predicted octanol–water partition coefficient (Wildman–Crippen LogP) is 2.95. The topological polar surface area (TPSA) is 58.4 Å². The van der Waals surface area contributed by atoms with Gasteiger partial charge in [0.25, 0.3) is 0 Å². The fourth-order valence-corrected chi connectivity index (χ4v) is 2.44. The molecule has 1 amide bonds. The average Bonchev–Trinajstić information content (AvgIpc) is 2.54. The molecule has 24 heavy (non-hydrogen) atoms. The van der Waals surface area contributed by atoms with Gasteiger partial charge in [-0.2, -0.15) is 0 Å². The van der Waals surface area contributed by atoms with Crippen LogP contribution in [0.15, 0.2) is 60.7 Å². The van der Waals surface area contributed by atoms with E-state index < -0.39 is 0 Å². The van der Waals surface area contributed by atoms with Gasteiger partial charge in [-0.05, 0) is 25.2 Å². The molecule has 4 nitrogen and oxygen atoms in total. The summed E-state index contributed by atoms with van der Waals surface area (Å²) >= 11 is 0.